The van der Waals surface area contributed by atoms with Crippen LogP contribution in [0.3, 0.4) is 0 Å². The summed E-state index contributed by atoms with van der Waals surface area (Å²) >= 11 is 0. The Balaban J connectivity index is 2.94. The molecule has 12 heavy (non-hydrogen) atoms. The molecule has 0 aliphatic heterocycles. The van der Waals surface area contributed by atoms with E-state index in [4.69, 9.17) is 0 Å². The van der Waals surface area contributed by atoms with Crippen molar-refractivity contribution in [2.45, 2.75) is 26.7 Å². The molecule has 0 aromatic heterocycles. The zero-order valence-electron chi connectivity index (χ0n) is 8.15. The highest BCUT2D eigenvalue weighted by Crippen LogP contribution is 2.18. The third-order valence-corrected chi connectivity index (χ3v) is 2.05. The molecule has 0 atom stereocenters. The van der Waals surface area contributed by atoms with Crippen LogP contribution in [-0.4, -0.2) is 7.05 Å². The maximum Gasteiger partial charge on any atom is 0.0372 e. The number of rotatable bonds is 3. The third kappa shape index (κ3) is 2.00. The Bertz CT molecular complexity index is 253. The smallest absolute Gasteiger partial charge is 0.0372 e. The first-order valence-electron chi connectivity index (χ1n) is 4.55. The number of hydrogen-bond acceptors (Lipinski definition) is 1. The monoisotopic (exact) mass is 163 g/mol. The molecule has 1 rings (SSSR count). The average molecular weight is 163 g/mol. The van der Waals surface area contributed by atoms with Crippen LogP contribution in [0.15, 0.2) is 18.2 Å². The summed E-state index contributed by atoms with van der Waals surface area (Å²) in [4.78, 5) is 0. The lowest BCUT2D eigenvalue weighted by Crippen LogP contribution is -1.95. The molecule has 66 valence electrons. The van der Waals surface area contributed by atoms with Crippen molar-refractivity contribution in [3.8, 4) is 0 Å². The van der Waals surface area contributed by atoms with Gasteiger partial charge in [-0.15, -0.1) is 0 Å². The van der Waals surface area contributed by atoms with Gasteiger partial charge in [-0.25, -0.2) is 0 Å². The molecule has 1 aromatic carbocycles. The second-order valence-corrected chi connectivity index (χ2v) is 3.16. The number of hydrogen-bond donors (Lipinski definition) is 1. The van der Waals surface area contributed by atoms with E-state index in [-0.39, 0.29) is 0 Å². The molecule has 1 heteroatoms. The van der Waals surface area contributed by atoms with Crippen LogP contribution in [-0.2, 0) is 6.42 Å². The Morgan fingerprint density at radius 2 is 2.08 bits per heavy atom. The van der Waals surface area contributed by atoms with Crippen LogP contribution >= 0.6 is 0 Å². The van der Waals surface area contributed by atoms with Crippen molar-refractivity contribution in [3.05, 3.63) is 29.3 Å². The van der Waals surface area contributed by atoms with Crippen molar-refractivity contribution in [2.75, 3.05) is 12.4 Å². The minimum absolute atomic E-state index is 1.16. The van der Waals surface area contributed by atoms with Crippen molar-refractivity contribution in [1.29, 1.82) is 0 Å². The Hall–Kier alpha value is -0.980. The van der Waals surface area contributed by atoms with Gasteiger partial charge in [-0.1, -0.05) is 25.5 Å². The van der Waals surface area contributed by atoms with Crippen LogP contribution in [0.1, 0.15) is 24.5 Å². The molecular weight excluding hydrogens is 146 g/mol. The maximum absolute atomic E-state index is 3.22. The van der Waals surface area contributed by atoms with Gasteiger partial charge in [0.1, 0.15) is 0 Å². The highest BCUT2D eigenvalue weighted by Gasteiger charge is 1.98. The van der Waals surface area contributed by atoms with Gasteiger partial charge in [0, 0.05) is 12.7 Å². The van der Waals surface area contributed by atoms with Gasteiger partial charge in [-0.3, -0.25) is 0 Å². The molecule has 0 amide bonds. The summed E-state index contributed by atoms with van der Waals surface area (Å²) in [5.41, 5.74) is 4.02. The van der Waals surface area contributed by atoms with E-state index in [0.717, 1.165) is 6.42 Å². The van der Waals surface area contributed by atoms with E-state index in [0.29, 0.717) is 0 Å². The number of benzene rings is 1. The minimum Gasteiger partial charge on any atom is -0.388 e. The SMILES string of the molecule is CCCc1ccc(C)cc1NC. The normalized spacial score (nSPS) is 9.92. The molecule has 0 bridgehead atoms. The van der Waals surface area contributed by atoms with Crippen LogP contribution in [0, 0.1) is 6.92 Å². The molecule has 1 nitrogen and oxygen atoms in total. The Labute approximate surface area is 74.8 Å². The average Bonchev–Trinajstić information content (AvgIpc) is 2.08. The lowest BCUT2D eigenvalue weighted by molar-refractivity contribution is 0.922. The third-order valence-electron chi connectivity index (χ3n) is 2.05. The van der Waals surface area contributed by atoms with Gasteiger partial charge >= 0.3 is 0 Å². The fourth-order valence-electron chi connectivity index (χ4n) is 1.41. The Morgan fingerprint density at radius 1 is 1.33 bits per heavy atom. The zero-order chi connectivity index (χ0) is 8.97. The summed E-state index contributed by atoms with van der Waals surface area (Å²) in [5, 5.41) is 3.22. The minimum atomic E-state index is 1.16. The molecule has 0 aliphatic carbocycles. The predicted molar refractivity (Wildman–Crippen MR) is 54.7 cm³/mol. The molecule has 0 fully saturated rings. The molecule has 0 saturated heterocycles. The second kappa shape index (κ2) is 4.15. The van der Waals surface area contributed by atoms with Crippen molar-refractivity contribution >= 4 is 5.69 Å². The van der Waals surface area contributed by atoms with E-state index in [9.17, 15) is 0 Å². The summed E-state index contributed by atoms with van der Waals surface area (Å²) in [6, 6.07) is 6.58. The summed E-state index contributed by atoms with van der Waals surface area (Å²) < 4.78 is 0. The molecular formula is C11H17N. The summed E-state index contributed by atoms with van der Waals surface area (Å²) in [6.45, 7) is 4.33. The van der Waals surface area contributed by atoms with Crippen molar-refractivity contribution < 1.29 is 0 Å². The molecule has 0 radical (unpaired) electrons. The fourth-order valence-corrected chi connectivity index (χ4v) is 1.41. The highest BCUT2D eigenvalue weighted by molar-refractivity contribution is 5.52. The van der Waals surface area contributed by atoms with Gasteiger partial charge in [0.2, 0.25) is 0 Å². The van der Waals surface area contributed by atoms with Crippen molar-refractivity contribution in [2.24, 2.45) is 0 Å². The molecule has 1 aromatic rings. The summed E-state index contributed by atoms with van der Waals surface area (Å²) in [7, 11) is 1.98. The lowest BCUT2D eigenvalue weighted by Gasteiger charge is -2.08. The summed E-state index contributed by atoms with van der Waals surface area (Å²) in [5.74, 6) is 0. The van der Waals surface area contributed by atoms with Crippen molar-refractivity contribution in [1.82, 2.24) is 0 Å². The van der Waals surface area contributed by atoms with Gasteiger partial charge in [-0.05, 0) is 30.5 Å². The van der Waals surface area contributed by atoms with Crippen molar-refractivity contribution in [3.63, 3.8) is 0 Å². The Morgan fingerprint density at radius 3 is 2.67 bits per heavy atom. The molecule has 0 aliphatic rings. The highest BCUT2D eigenvalue weighted by atomic mass is 14.8. The molecule has 0 spiro atoms. The van der Waals surface area contributed by atoms with E-state index < -0.39 is 0 Å². The van der Waals surface area contributed by atoms with Crippen LogP contribution < -0.4 is 5.32 Å². The molecule has 0 saturated carbocycles. The number of aryl methyl sites for hydroxylation is 2. The predicted octanol–water partition coefficient (Wildman–Crippen LogP) is 2.99. The fraction of sp³-hybridized carbons (Fsp3) is 0.455. The first kappa shape index (κ1) is 9.11. The van der Waals surface area contributed by atoms with E-state index in [1.165, 1.54) is 23.2 Å². The number of nitrogens with one attached hydrogen (secondary N) is 1. The topological polar surface area (TPSA) is 12.0 Å². The molecule has 0 unspecified atom stereocenters. The van der Waals surface area contributed by atoms with Crippen LogP contribution in [0.4, 0.5) is 5.69 Å². The van der Waals surface area contributed by atoms with Crippen LogP contribution in [0.5, 0.6) is 0 Å². The van der Waals surface area contributed by atoms with E-state index in [1.807, 2.05) is 7.05 Å². The summed E-state index contributed by atoms with van der Waals surface area (Å²) in [6.07, 6.45) is 2.37. The number of anilines is 1. The second-order valence-electron chi connectivity index (χ2n) is 3.16. The lowest BCUT2D eigenvalue weighted by atomic mass is 10.1. The van der Waals surface area contributed by atoms with Gasteiger partial charge < -0.3 is 5.32 Å². The van der Waals surface area contributed by atoms with Gasteiger partial charge in [0.15, 0.2) is 0 Å². The van der Waals surface area contributed by atoms with E-state index in [2.05, 4.69) is 37.4 Å². The maximum atomic E-state index is 3.22. The quantitative estimate of drug-likeness (QED) is 0.722. The molecule has 0 heterocycles. The Kier molecular flexibility index (Phi) is 3.15. The zero-order valence-corrected chi connectivity index (χ0v) is 8.15. The first-order valence-corrected chi connectivity index (χ1v) is 4.55. The standard InChI is InChI=1S/C11H17N/c1-4-5-10-7-6-9(2)8-11(10)12-3/h6-8,12H,4-5H2,1-3H3. The van der Waals surface area contributed by atoms with Crippen LogP contribution in [0.25, 0.3) is 0 Å². The van der Waals surface area contributed by atoms with Gasteiger partial charge in [0.05, 0.1) is 0 Å². The largest absolute Gasteiger partial charge is 0.388 e. The molecule has 1 N–H and O–H groups in total. The van der Waals surface area contributed by atoms with Crippen LogP contribution in [0.2, 0.25) is 0 Å². The van der Waals surface area contributed by atoms with E-state index >= 15 is 0 Å². The first-order chi connectivity index (χ1) is 5.77. The van der Waals surface area contributed by atoms with Gasteiger partial charge in [0.25, 0.3) is 0 Å². The van der Waals surface area contributed by atoms with E-state index in [1.54, 1.807) is 0 Å². The van der Waals surface area contributed by atoms with Gasteiger partial charge in [-0.2, -0.15) is 0 Å².